The Labute approximate surface area is 178 Å². The van der Waals surface area contributed by atoms with E-state index in [4.69, 9.17) is 10.8 Å². The number of carbonyl (C=O) groups is 1. The number of aryl methyl sites for hydroxylation is 1. The summed E-state index contributed by atoms with van der Waals surface area (Å²) in [7, 11) is 0. The summed E-state index contributed by atoms with van der Waals surface area (Å²) >= 11 is 0. The van der Waals surface area contributed by atoms with Gasteiger partial charge in [-0.1, -0.05) is 24.3 Å². The van der Waals surface area contributed by atoms with Crippen LogP contribution in [0.25, 0.3) is 22.0 Å². The van der Waals surface area contributed by atoms with Crippen LogP contribution in [-0.4, -0.2) is 27.9 Å². The number of anilines is 3. The molecule has 0 aliphatic rings. The molecule has 8 heteroatoms. The van der Waals surface area contributed by atoms with Crippen LogP contribution < -0.4 is 16.4 Å². The summed E-state index contributed by atoms with van der Waals surface area (Å²) < 4.78 is 14.3. The third-order valence-corrected chi connectivity index (χ3v) is 5.13. The lowest BCUT2D eigenvalue weighted by molar-refractivity contribution is 0.262. The number of urea groups is 1. The zero-order valence-electron chi connectivity index (χ0n) is 16.9. The number of amides is 2. The molecule has 6 N–H and O–H groups in total. The zero-order chi connectivity index (χ0) is 22.0. The first kappa shape index (κ1) is 20.4. The molecule has 1 aromatic heterocycles. The second kappa shape index (κ2) is 8.45. The monoisotopic (exact) mass is 419 g/mol. The molecule has 0 aliphatic carbocycles. The number of aromatic nitrogens is 2. The summed E-state index contributed by atoms with van der Waals surface area (Å²) in [5.74, 6) is -0.125. The van der Waals surface area contributed by atoms with Gasteiger partial charge in [-0.05, 0) is 65.9 Å². The summed E-state index contributed by atoms with van der Waals surface area (Å²) in [4.78, 5) is 12.3. The molecule has 31 heavy (non-hydrogen) atoms. The average Bonchev–Trinajstić information content (AvgIpc) is 3.13. The minimum absolute atomic E-state index is 0.0643. The molecule has 0 saturated carbocycles. The molecule has 3 aromatic carbocycles. The fourth-order valence-electron chi connectivity index (χ4n) is 3.56. The largest absolute Gasteiger partial charge is 0.396 e. The number of rotatable bonds is 5. The summed E-state index contributed by atoms with van der Waals surface area (Å²) in [6, 6.07) is 15.4. The predicted molar refractivity (Wildman–Crippen MR) is 121 cm³/mol. The fraction of sp³-hybridized carbons (Fsp3) is 0.130. The number of aliphatic hydroxyl groups excluding tert-OH is 1. The molecule has 0 aliphatic heterocycles. The molecule has 0 atom stereocenters. The Morgan fingerprint density at radius 1 is 1.16 bits per heavy atom. The summed E-state index contributed by atoms with van der Waals surface area (Å²) in [6.45, 7) is 1.74. The first-order chi connectivity index (χ1) is 15.0. The molecule has 4 rings (SSSR count). The third-order valence-electron chi connectivity index (χ3n) is 5.13. The van der Waals surface area contributed by atoms with Crippen molar-refractivity contribution in [3.8, 4) is 11.1 Å². The molecule has 0 spiro atoms. The van der Waals surface area contributed by atoms with Gasteiger partial charge in [-0.3, -0.25) is 5.10 Å². The molecular formula is C23H22FN5O2. The van der Waals surface area contributed by atoms with Gasteiger partial charge in [0.2, 0.25) is 0 Å². The number of hydrogen-bond donors (Lipinski definition) is 5. The number of aliphatic hydroxyl groups is 1. The third kappa shape index (κ3) is 4.19. The normalized spacial score (nSPS) is 10.9. The Hall–Kier alpha value is -3.91. The quantitative estimate of drug-likeness (QED) is 0.329. The number of aromatic amines is 1. The number of nitrogens with one attached hydrogen (secondary N) is 3. The van der Waals surface area contributed by atoms with Crippen molar-refractivity contribution in [1.82, 2.24) is 10.2 Å². The zero-order valence-corrected chi connectivity index (χ0v) is 16.9. The predicted octanol–water partition coefficient (Wildman–Crippen LogP) is 4.44. The molecule has 158 valence electrons. The summed E-state index contributed by atoms with van der Waals surface area (Å²) in [6.07, 6.45) is 0.361. The van der Waals surface area contributed by atoms with Crippen molar-refractivity contribution in [2.75, 3.05) is 23.0 Å². The van der Waals surface area contributed by atoms with Crippen LogP contribution in [0.1, 0.15) is 11.1 Å². The van der Waals surface area contributed by atoms with Crippen LogP contribution in [0.15, 0.2) is 54.6 Å². The first-order valence-electron chi connectivity index (χ1n) is 9.77. The van der Waals surface area contributed by atoms with Crippen LogP contribution >= 0.6 is 0 Å². The summed E-state index contributed by atoms with van der Waals surface area (Å²) in [5.41, 5.74) is 10.8. The number of halogens is 1. The number of H-pyrrole nitrogens is 1. The molecular weight excluding hydrogens is 397 g/mol. The van der Waals surface area contributed by atoms with Crippen LogP contribution in [0.5, 0.6) is 0 Å². The van der Waals surface area contributed by atoms with Gasteiger partial charge in [-0.25, -0.2) is 9.18 Å². The second-order valence-corrected chi connectivity index (χ2v) is 7.23. The number of fused-ring (bicyclic) bond motifs is 1. The van der Waals surface area contributed by atoms with Crippen molar-refractivity contribution < 1.29 is 14.3 Å². The van der Waals surface area contributed by atoms with E-state index in [1.807, 2.05) is 30.3 Å². The van der Waals surface area contributed by atoms with E-state index in [-0.39, 0.29) is 12.3 Å². The number of nitrogen functional groups attached to an aromatic ring is 1. The van der Waals surface area contributed by atoms with Gasteiger partial charge in [-0.15, -0.1) is 0 Å². The van der Waals surface area contributed by atoms with Crippen LogP contribution in [0.4, 0.5) is 26.4 Å². The first-order valence-corrected chi connectivity index (χ1v) is 9.77. The van der Waals surface area contributed by atoms with E-state index in [1.165, 1.54) is 6.07 Å². The van der Waals surface area contributed by atoms with Crippen molar-refractivity contribution in [1.29, 1.82) is 0 Å². The standard InChI is InChI=1S/C23H22FN5O2/c1-13-11-20(18(24)12-15(13)9-10-30)27-23(31)26-16-7-5-14(6-8-16)17-3-2-4-19-21(17)22(25)29-28-19/h2-8,11-12,30H,9-10H2,1H3,(H3,25,28,29)(H2,26,27,31). The molecule has 0 fully saturated rings. The van der Waals surface area contributed by atoms with Crippen LogP contribution in [0.2, 0.25) is 0 Å². The molecule has 4 aromatic rings. The lowest BCUT2D eigenvalue weighted by Gasteiger charge is -2.12. The molecule has 0 radical (unpaired) electrons. The van der Waals surface area contributed by atoms with Gasteiger partial charge >= 0.3 is 6.03 Å². The van der Waals surface area contributed by atoms with E-state index in [2.05, 4.69) is 20.8 Å². The lowest BCUT2D eigenvalue weighted by Crippen LogP contribution is -2.20. The molecule has 0 bridgehead atoms. The molecule has 7 nitrogen and oxygen atoms in total. The van der Waals surface area contributed by atoms with E-state index in [0.717, 1.165) is 27.6 Å². The molecule has 2 amide bonds. The minimum Gasteiger partial charge on any atom is -0.396 e. The van der Waals surface area contributed by atoms with Gasteiger partial charge < -0.3 is 21.5 Å². The number of nitrogens with two attached hydrogens (primary N) is 1. The van der Waals surface area contributed by atoms with Crippen molar-refractivity contribution in [3.05, 3.63) is 71.5 Å². The Balaban J connectivity index is 1.49. The van der Waals surface area contributed by atoms with E-state index in [1.54, 1.807) is 25.1 Å². The highest BCUT2D eigenvalue weighted by molar-refractivity contribution is 6.02. The Morgan fingerprint density at radius 2 is 1.94 bits per heavy atom. The van der Waals surface area contributed by atoms with Gasteiger partial charge in [0, 0.05) is 12.3 Å². The second-order valence-electron chi connectivity index (χ2n) is 7.23. The van der Waals surface area contributed by atoms with Gasteiger partial charge in [0.15, 0.2) is 5.82 Å². The average molecular weight is 419 g/mol. The van der Waals surface area contributed by atoms with Crippen molar-refractivity contribution in [3.63, 3.8) is 0 Å². The number of nitrogens with zero attached hydrogens (tertiary/aromatic N) is 1. The maximum atomic E-state index is 14.3. The highest BCUT2D eigenvalue weighted by atomic mass is 19.1. The highest BCUT2D eigenvalue weighted by Crippen LogP contribution is 2.31. The lowest BCUT2D eigenvalue weighted by atomic mass is 10.0. The summed E-state index contributed by atoms with van der Waals surface area (Å²) in [5, 5.41) is 22.1. The van der Waals surface area contributed by atoms with Crippen LogP contribution in [-0.2, 0) is 6.42 Å². The van der Waals surface area contributed by atoms with Gasteiger partial charge in [0.25, 0.3) is 0 Å². The highest BCUT2D eigenvalue weighted by Gasteiger charge is 2.12. The molecule has 1 heterocycles. The number of carbonyl (C=O) groups excluding carboxylic acids is 1. The number of hydrogen-bond acceptors (Lipinski definition) is 4. The topological polar surface area (TPSA) is 116 Å². The Morgan fingerprint density at radius 3 is 2.68 bits per heavy atom. The van der Waals surface area contributed by atoms with Gasteiger partial charge in [0.1, 0.15) is 5.82 Å². The van der Waals surface area contributed by atoms with Crippen molar-refractivity contribution in [2.24, 2.45) is 0 Å². The molecule has 0 unspecified atom stereocenters. The van der Waals surface area contributed by atoms with Crippen LogP contribution in [0.3, 0.4) is 0 Å². The maximum Gasteiger partial charge on any atom is 0.323 e. The smallest absolute Gasteiger partial charge is 0.323 e. The van der Waals surface area contributed by atoms with Gasteiger partial charge in [-0.2, -0.15) is 5.10 Å². The SMILES string of the molecule is Cc1cc(NC(=O)Nc2ccc(-c3cccc4[nH]nc(N)c34)cc2)c(F)cc1CCO. The minimum atomic E-state index is -0.554. The Bertz CT molecular complexity index is 1250. The number of benzene rings is 3. The van der Waals surface area contributed by atoms with Crippen molar-refractivity contribution in [2.45, 2.75) is 13.3 Å². The van der Waals surface area contributed by atoms with Gasteiger partial charge in [0.05, 0.1) is 16.6 Å². The Kier molecular flexibility index (Phi) is 5.55. The van der Waals surface area contributed by atoms with E-state index < -0.39 is 11.8 Å². The fourth-order valence-corrected chi connectivity index (χ4v) is 3.56. The van der Waals surface area contributed by atoms with E-state index >= 15 is 0 Å². The van der Waals surface area contributed by atoms with E-state index in [9.17, 15) is 9.18 Å². The maximum absolute atomic E-state index is 14.3. The molecule has 0 saturated heterocycles. The van der Waals surface area contributed by atoms with Crippen LogP contribution in [0, 0.1) is 12.7 Å². The van der Waals surface area contributed by atoms with E-state index in [0.29, 0.717) is 23.5 Å². The van der Waals surface area contributed by atoms with Crippen molar-refractivity contribution >= 4 is 34.1 Å².